The minimum absolute atomic E-state index is 0.0422. The van der Waals surface area contributed by atoms with Gasteiger partial charge in [-0.2, -0.15) is 0 Å². The molecular weight excluding hydrogens is 438 g/mol. The van der Waals surface area contributed by atoms with Gasteiger partial charge in [-0.1, -0.05) is 30.3 Å². The summed E-state index contributed by atoms with van der Waals surface area (Å²) in [5, 5.41) is 23.8. The number of H-pyrrole nitrogens is 1. The number of aromatic amines is 1. The van der Waals surface area contributed by atoms with Crippen LogP contribution in [0.4, 0.5) is 5.69 Å². The third-order valence-corrected chi connectivity index (χ3v) is 5.05. The second kappa shape index (κ2) is 8.05. The van der Waals surface area contributed by atoms with E-state index in [1.807, 2.05) is 0 Å². The lowest BCUT2D eigenvalue weighted by atomic mass is 10.1. The molecule has 9 nitrogen and oxygen atoms in total. The summed E-state index contributed by atoms with van der Waals surface area (Å²) in [6.07, 6.45) is 1.45. The van der Waals surface area contributed by atoms with E-state index >= 15 is 0 Å². The highest BCUT2D eigenvalue weighted by Gasteiger charge is 2.17. The summed E-state index contributed by atoms with van der Waals surface area (Å²) in [7, 11) is 0. The largest absolute Gasteiger partial charge is 0.478 e. The number of hydrogen-bond donors (Lipinski definition) is 2. The van der Waals surface area contributed by atoms with E-state index in [4.69, 9.17) is 16.0 Å². The molecule has 10 heteroatoms. The van der Waals surface area contributed by atoms with Gasteiger partial charge in [0.1, 0.15) is 11.5 Å². The number of furan rings is 1. The number of carbonyl (C=O) groups is 1. The van der Waals surface area contributed by atoms with E-state index < -0.39 is 16.5 Å². The predicted molar refractivity (Wildman–Crippen MR) is 117 cm³/mol. The Morgan fingerprint density at radius 3 is 2.69 bits per heavy atom. The smallest absolute Gasteiger partial charge is 0.337 e. The van der Waals surface area contributed by atoms with Gasteiger partial charge in [0, 0.05) is 6.07 Å². The average molecular weight is 452 g/mol. The van der Waals surface area contributed by atoms with Crippen molar-refractivity contribution in [3.8, 4) is 17.0 Å². The van der Waals surface area contributed by atoms with E-state index in [2.05, 4.69) is 11.7 Å². The van der Waals surface area contributed by atoms with Crippen LogP contribution in [0.5, 0.6) is 0 Å². The molecule has 2 aromatic carbocycles. The third-order valence-electron chi connectivity index (χ3n) is 4.72. The molecule has 0 atom stereocenters. The lowest BCUT2D eigenvalue weighted by Crippen LogP contribution is -2.33. The zero-order valence-electron chi connectivity index (χ0n) is 16.2. The molecule has 2 N–H and O–H groups in total. The number of rotatable bonds is 5. The van der Waals surface area contributed by atoms with Gasteiger partial charge in [-0.05, 0) is 42.5 Å². The van der Waals surface area contributed by atoms with Crippen molar-refractivity contribution in [2.75, 3.05) is 0 Å². The van der Waals surface area contributed by atoms with Gasteiger partial charge < -0.3 is 9.52 Å². The van der Waals surface area contributed by atoms with Crippen LogP contribution in [0.3, 0.4) is 0 Å². The molecule has 160 valence electrons. The Labute approximate surface area is 184 Å². The first kappa shape index (κ1) is 20.9. The zero-order chi connectivity index (χ0) is 23.0. The maximum absolute atomic E-state index is 12.9. The second-order valence-corrected chi connectivity index (χ2v) is 7.14. The first-order valence-electron chi connectivity index (χ1n) is 9.15. The lowest BCUT2D eigenvalue weighted by Gasteiger charge is -2.04. The number of nitrogens with one attached hydrogen (secondary N) is 1. The number of nitro groups is 1. The molecule has 0 bridgehead atoms. The Balaban J connectivity index is 1.79. The number of hydrogen-bond acceptors (Lipinski definition) is 5. The van der Waals surface area contributed by atoms with Crippen LogP contribution in [0.25, 0.3) is 29.7 Å². The Kier molecular flexibility index (Phi) is 5.25. The summed E-state index contributed by atoms with van der Waals surface area (Å²) in [6.45, 7) is 3.82. The van der Waals surface area contributed by atoms with Crippen molar-refractivity contribution in [3.05, 3.63) is 102 Å². The number of benzene rings is 2. The number of nitrogens with zero attached hydrogens (tertiary/aromatic N) is 2. The zero-order valence-corrected chi connectivity index (χ0v) is 17.0. The molecule has 0 aliphatic rings. The van der Waals surface area contributed by atoms with Crippen molar-refractivity contribution in [3.63, 3.8) is 0 Å². The molecule has 0 radical (unpaired) electrons. The maximum atomic E-state index is 12.9. The van der Waals surface area contributed by atoms with Crippen molar-refractivity contribution in [1.29, 1.82) is 0 Å². The Hall–Kier alpha value is -4.37. The molecule has 4 aromatic rings. The van der Waals surface area contributed by atoms with E-state index in [0.29, 0.717) is 5.56 Å². The topological polar surface area (TPSA) is 131 Å². The van der Waals surface area contributed by atoms with Gasteiger partial charge in [0.15, 0.2) is 0 Å². The van der Waals surface area contributed by atoms with Gasteiger partial charge >= 0.3 is 5.97 Å². The first-order chi connectivity index (χ1) is 15.3. The third kappa shape index (κ3) is 3.72. The molecule has 0 saturated heterocycles. The highest BCUT2D eigenvalue weighted by molar-refractivity contribution is 6.33. The Morgan fingerprint density at radius 1 is 1.22 bits per heavy atom. The number of aromatic nitrogens is 2. The molecule has 2 aromatic heterocycles. The van der Waals surface area contributed by atoms with Gasteiger partial charge in [-0.3, -0.25) is 20.0 Å². The molecule has 0 spiro atoms. The fourth-order valence-electron chi connectivity index (χ4n) is 3.20. The number of nitro benzene ring substituents is 1. The summed E-state index contributed by atoms with van der Waals surface area (Å²) >= 11 is 5.89. The molecule has 32 heavy (non-hydrogen) atoms. The van der Waals surface area contributed by atoms with Crippen LogP contribution in [0, 0.1) is 10.1 Å². The lowest BCUT2D eigenvalue weighted by molar-refractivity contribution is -0.384. The molecule has 0 amide bonds. The standard InChI is InChI=1S/C22H14ClN3O6/c1-12-16(21(27)25(24-12)13-6-8-18(23)17(10-13)22(28)29)11-14-7-9-20(32-14)15-4-2-3-5-19(15)26(30)31/h2-11,24H,1H2,(H,28,29). The number of para-hydroxylation sites is 1. The molecule has 4 rings (SSSR count). The first-order valence-corrected chi connectivity index (χ1v) is 9.52. The van der Waals surface area contributed by atoms with Crippen LogP contribution in [-0.4, -0.2) is 25.8 Å². The summed E-state index contributed by atoms with van der Waals surface area (Å²) in [6, 6.07) is 13.4. The summed E-state index contributed by atoms with van der Waals surface area (Å²) in [5.41, 5.74) is -0.173. The van der Waals surface area contributed by atoms with Crippen LogP contribution in [0.1, 0.15) is 16.1 Å². The second-order valence-electron chi connectivity index (χ2n) is 6.73. The van der Waals surface area contributed by atoms with Crippen LogP contribution >= 0.6 is 11.6 Å². The highest BCUT2D eigenvalue weighted by atomic mass is 35.5. The minimum Gasteiger partial charge on any atom is -0.478 e. The molecule has 0 unspecified atom stereocenters. The van der Waals surface area contributed by atoms with Gasteiger partial charge in [-0.15, -0.1) is 0 Å². The van der Waals surface area contributed by atoms with Crippen LogP contribution < -0.4 is 16.1 Å². The summed E-state index contributed by atoms with van der Waals surface area (Å²) in [5.74, 6) is -0.668. The number of carboxylic acid groups (broad SMARTS) is 1. The van der Waals surface area contributed by atoms with E-state index in [-0.39, 0.29) is 44.0 Å². The van der Waals surface area contributed by atoms with E-state index in [0.717, 1.165) is 4.68 Å². The summed E-state index contributed by atoms with van der Waals surface area (Å²) < 4.78 is 6.85. The molecule has 0 aliphatic heterocycles. The molecule has 0 saturated carbocycles. The SMILES string of the molecule is C=c1[nH]n(-c2ccc(Cl)c(C(=O)O)c2)c(=O)c1=Cc1ccc(-c2ccccc2[N+](=O)[O-])o1. The average Bonchev–Trinajstić information content (AvgIpc) is 3.34. The van der Waals surface area contributed by atoms with E-state index in [9.17, 15) is 24.8 Å². The Morgan fingerprint density at radius 2 is 1.97 bits per heavy atom. The molecule has 2 heterocycles. The van der Waals surface area contributed by atoms with Crippen molar-refractivity contribution < 1.29 is 19.2 Å². The monoisotopic (exact) mass is 451 g/mol. The summed E-state index contributed by atoms with van der Waals surface area (Å²) in [4.78, 5) is 35.0. The normalized spacial score (nSPS) is 11.6. The molecular formula is C22H14ClN3O6. The predicted octanol–water partition coefficient (Wildman–Crippen LogP) is 2.92. The highest BCUT2D eigenvalue weighted by Crippen LogP contribution is 2.30. The van der Waals surface area contributed by atoms with Gasteiger partial charge in [0.2, 0.25) is 0 Å². The van der Waals surface area contributed by atoms with Crippen molar-refractivity contribution in [2.45, 2.75) is 0 Å². The fraction of sp³-hybridized carbons (Fsp3) is 0. The van der Waals surface area contributed by atoms with Gasteiger partial charge in [0.05, 0.1) is 37.3 Å². The number of aromatic carboxylic acids is 1. The van der Waals surface area contributed by atoms with Gasteiger partial charge in [0.25, 0.3) is 11.2 Å². The minimum atomic E-state index is -1.23. The van der Waals surface area contributed by atoms with E-state index in [1.54, 1.807) is 30.3 Å². The van der Waals surface area contributed by atoms with Gasteiger partial charge in [-0.25, -0.2) is 9.48 Å². The molecule has 0 aliphatic carbocycles. The quantitative estimate of drug-likeness (QED) is 0.354. The van der Waals surface area contributed by atoms with Crippen LogP contribution in [0.15, 0.2) is 63.8 Å². The van der Waals surface area contributed by atoms with Crippen molar-refractivity contribution >= 4 is 35.9 Å². The number of carboxylic acids is 1. The Bertz CT molecular complexity index is 1550. The van der Waals surface area contributed by atoms with Crippen molar-refractivity contribution in [2.24, 2.45) is 0 Å². The maximum Gasteiger partial charge on any atom is 0.337 e. The van der Waals surface area contributed by atoms with Crippen LogP contribution in [0.2, 0.25) is 5.02 Å². The number of halogens is 1. The van der Waals surface area contributed by atoms with Crippen molar-refractivity contribution in [1.82, 2.24) is 9.78 Å². The van der Waals surface area contributed by atoms with E-state index in [1.165, 1.54) is 30.3 Å². The fourth-order valence-corrected chi connectivity index (χ4v) is 3.40. The molecule has 0 fully saturated rings. The van der Waals surface area contributed by atoms with Crippen LogP contribution in [-0.2, 0) is 0 Å².